The molecule has 3 rings (SSSR count). The van der Waals surface area contributed by atoms with Crippen molar-refractivity contribution in [2.24, 2.45) is 0 Å². The molecule has 0 bridgehead atoms. The van der Waals surface area contributed by atoms with Crippen molar-refractivity contribution in [2.45, 2.75) is 28.7 Å². The molecule has 2 heterocycles. The highest BCUT2D eigenvalue weighted by atomic mass is 32.2. The molecule has 18 heavy (non-hydrogen) atoms. The lowest BCUT2D eigenvalue weighted by Crippen LogP contribution is -2.38. The summed E-state index contributed by atoms with van der Waals surface area (Å²) in [6, 6.07) is 12.5. The molecule has 1 aromatic carbocycles. The molecule has 92 valence electrons. The first-order chi connectivity index (χ1) is 8.78. The summed E-state index contributed by atoms with van der Waals surface area (Å²) in [6.07, 6.45) is 4.85. The van der Waals surface area contributed by atoms with Crippen LogP contribution in [0.4, 0.5) is 0 Å². The van der Waals surface area contributed by atoms with Crippen LogP contribution in [0.3, 0.4) is 0 Å². The van der Waals surface area contributed by atoms with E-state index in [1.807, 2.05) is 18.5 Å². The van der Waals surface area contributed by atoms with Crippen LogP contribution in [0.25, 0.3) is 0 Å². The molecule has 1 atom stereocenters. The lowest BCUT2D eigenvalue weighted by Gasteiger charge is -2.39. The fourth-order valence-electron chi connectivity index (χ4n) is 2.10. The molecule has 2 nitrogen and oxygen atoms in total. The first-order valence-electron chi connectivity index (χ1n) is 6.09. The topological polar surface area (TPSA) is 22.1 Å². The van der Waals surface area contributed by atoms with E-state index in [4.69, 9.17) is 4.74 Å². The number of hydrogen-bond acceptors (Lipinski definition) is 3. The highest BCUT2D eigenvalue weighted by molar-refractivity contribution is 7.99. The van der Waals surface area contributed by atoms with Crippen LogP contribution in [0.15, 0.2) is 58.6 Å². The molecule has 1 aliphatic heterocycles. The summed E-state index contributed by atoms with van der Waals surface area (Å²) < 4.78 is 5.73. The third-order valence-corrected chi connectivity index (χ3v) is 4.41. The molecule has 0 N–H and O–H groups in total. The van der Waals surface area contributed by atoms with E-state index >= 15 is 0 Å². The van der Waals surface area contributed by atoms with Gasteiger partial charge in [0.2, 0.25) is 0 Å². The Hall–Kier alpha value is -1.32. The maximum absolute atomic E-state index is 5.73. The van der Waals surface area contributed by atoms with Crippen molar-refractivity contribution in [1.82, 2.24) is 4.98 Å². The molecule has 0 saturated carbocycles. The van der Waals surface area contributed by atoms with Gasteiger partial charge in [-0.2, -0.15) is 0 Å². The monoisotopic (exact) mass is 257 g/mol. The quantitative estimate of drug-likeness (QED) is 0.833. The van der Waals surface area contributed by atoms with Gasteiger partial charge in [0.15, 0.2) is 0 Å². The zero-order valence-electron chi connectivity index (χ0n) is 10.3. The van der Waals surface area contributed by atoms with Crippen molar-refractivity contribution >= 4 is 11.8 Å². The molecule has 2 aromatic rings. The SMILES string of the molecule is CC1(c2cnccc2Sc2ccccc2)CCO1. The number of aromatic nitrogens is 1. The largest absolute Gasteiger partial charge is 0.370 e. The van der Waals surface area contributed by atoms with Crippen molar-refractivity contribution in [3.63, 3.8) is 0 Å². The third-order valence-electron chi connectivity index (χ3n) is 3.32. The maximum Gasteiger partial charge on any atom is 0.0951 e. The molecule has 0 aliphatic carbocycles. The Kier molecular flexibility index (Phi) is 3.10. The van der Waals surface area contributed by atoms with Crippen molar-refractivity contribution < 1.29 is 4.74 Å². The van der Waals surface area contributed by atoms with Crippen molar-refractivity contribution in [3.05, 3.63) is 54.4 Å². The third kappa shape index (κ3) is 2.16. The summed E-state index contributed by atoms with van der Waals surface area (Å²) in [5.41, 5.74) is 1.05. The zero-order valence-corrected chi connectivity index (χ0v) is 11.1. The van der Waals surface area contributed by atoms with E-state index in [0.29, 0.717) is 0 Å². The standard InChI is InChI=1S/C15H15NOS/c1-15(8-10-17-15)13-11-16-9-7-14(13)18-12-5-3-2-4-6-12/h2-7,9,11H,8,10H2,1H3. The summed E-state index contributed by atoms with van der Waals surface area (Å²) in [5, 5.41) is 0. The van der Waals surface area contributed by atoms with Crippen molar-refractivity contribution in [3.8, 4) is 0 Å². The lowest BCUT2D eigenvalue weighted by atomic mass is 9.90. The van der Waals surface area contributed by atoms with Crippen LogP contribution >= 0.6 is 11.8 Å². The minimum atomic E-state index is -0.147. The number of pyridine rings is 1. The first-order valence-corrected chi connectivity index (χ1v) is 6.91. The van der Waals surface area contributed by atoms with E-state index in [1.165, 1.54) is 15.4 Å². The Morgan fingerprint density at radius 1 is 1.22 bits per heavy atom. The molecule has 1 saturated heterocycles. The minimum Gasteiger partial charge on any atom is -0.370 e. The van der Waals surface area contributed by atoms with E-state index in [-0.39, 0.29) is 5.60 Å². The zero-order chi connectivity index (χ0) is 12.4. The van der Waals surface area contributed by atoms with Gasteiger partial charge in [-0.3, -0.25) is 4.98 Å². The predicted molar refractivity (Wildman–Crippen MR) is 72.7 cm³/mol. The average molecular weight is 257 g/mol. The van der Waals surface area contributed by atoms with Crippen LogP contribution in [0.5, 0.6) is 0 Å². The second-order valence-electron chi connectivity index (χ2n) is 4.62. The Morgan fingerprint density at radius 2 is 2.00 bits per heavy atom. The minimum absolute atomic E-state index is 0.147. The summed E-state index contributed by atoms with van der Waals surface area (Å²) >= 11 is 1.77. The van der Waals surface area contributed by atoms with Gasteiger partial charge < -0.3 is 4.74 Å². The number of ether oxygens (including phenoxy) is 1. The van der Waals surface area contributed by atoms with Gasteiger partial charge >= 0.3 is 0 Å². The molecule has 1 aliphatic rings. The molecule has 1 fully saturated rings. The van der Waals surface area contributed by atoms with Crippen molar-refractivity contribution in [1.29, 1.82) is 0 Å². The van der Waals surface area contributed by atoms with E-state index in [2.05, 4.69) is 42.2 Å². The highest BCUT2D eigenvalue weighted by Crippen LogP contribution is 2.42. The summed E-state index contributed by atoms with van der Waals surface area (Å²) in [6.45, 7) is 2.99. The molecular weight excluding hydrogens is 242 g/mol. The molecular formula is C15H15NOS. The van der Waals surface area contributed by atoms with E-state index < -0.39 is 0 Å². The maximum atomic E-state index is 5.73. The van der Waals surface area contributed by atoms with Crippen LogP contribution < -0.4 is 0 Å². The van der Waals surface area contributed by atoms with Gasteiger partial charge in [0.25, 0.3) is 0 Å². The number of hydrogen-bond donors (Lipinski definition) is 0. The van der Waals surface area contributed by atoms with Gasteiger partial charge in [-0.15, -0.1) is 0 Å². The number of rotatable bonds is 3. The van der Waals surface area contributed by atoms with Gasteiger partial charge in [-0.25, -0.2) is 0 Å². The molecule has 3 heteroatoms. The summed E-state index contributed by atoms with van der Waals surface area (Å²) in [7, 11) is 0. The Labute approximate surface area is 111 Å². The van der Waals surface area contributed by atoms with Crippen LogP contribution in [-0.4, -0.2) is 11.6 Å². The lowest BCUT2D eigenvalue weighted by molar-refractivity contribution is -0.142. The van der Waals surface area contributed by atoms with E-state index in [0.717, 1.165) is 13.0 Å². The second kappa shape index (κ2) is 4.75. The Morgan fingerprint density at radius 3 is 2.67 bits per heavy atom. The van der Waals surface area contributed by atoms with Crippen LogP contribution in [-0.2, 0) is 10.3 Å². The smallest absolute Gasteiger partial charge is 0.0951 e. The van der Waals surface area contributed by atoms with Gasteiger partial charge in [0.05, 0.1) is 12.2 Å². The fraction of sp³-hybridized carbons (Fsp3) is 0.267. The van der Waals surface area contributed by atoms with Gasteiger partial charge in [-0.1, -0.05) is 30.0 Å². The highest BCUT2D eigenvalue weighted by Gasteiger charge is 2.37. The normalized spacial score (nSPS) is 22.5. The Balaban J connectivity index is 1.93. The van der Waals surface area contributed by atoms with E-state index in [1.54, 1.807) is 11.8 Å². The van der Waals surface area contributed by atoms with Crippen molar-refractivity contribution in [2.75, 3.05) is 6.61 Å². The van der Waals surface area contributed by atoms with Gasteiger partial charge in [-0.05, 0) is 25.1 Å². The van der Waals surface area contributed by atoms with Gasteiger partial charge in [0.1, 0.15) is 0 Å². The molecule has 0 spiro atoms. The van der Waals surface area contributed by atoms with Gasteiger partial charge in [0, 0.05) is 34.2 Å². The molecule has 1 unspecified atom stereocenters. The number of nitrogens with zero attached hydrogens (tertiary/aromatic N) is 1. The van der Waals surface area contributed by atoms with Crippen LogP contribution in [0, 0.1) is 0 Å². The summed E-state index contributed by atoms with van der Waals surface area (Å²) in [5.74, 6) is 0. The average Bonchev–Trinajstić information content (AvgIpc) is 2.38. The Bertz CT molecular complexity index is 537. The number of benzene rings is 1. The molecule has 0 amide bonds. The fourth-order valence-corrected chi connectivity index (χ4v) is 3.16. The molecule has 1 aromatic heterocycles. The van der Waals surface area contributed by atoms with E-state index in [9.17, 15) is 0 Å². The molecule has 0 radical (unpaired) electrons. The van der Waals surface area contributed by atoms with Crippen LogP contribution in [0.1, 0.15) is 18.9 Å². The predicted octanol–water partition coefficient (Wildman–Crippen LogP) is 3.87. The second-order valence-corrected chi connectivity index (χ2v) is 5.73. The summed E-state index contributed by atoms with van der Waals surface area (Å²) in [4.78, 5) is 6.72. The first kappa shape index (κ1) is 11.8. The van der Waals surface area contributed by atoms with Crippen LogP contribution in [0.2, 0.25) is 0 Å².